The first-order valence-electron chi connectivity index (χ1n) is 7.83. The fourth-order valence-electron chi connectivity index (χ4n) is 2.30. The fourth-order valence-corrected chi connectivity index (χ4v) is 2.30. The number of nitrogens with zero attached hydrogens (tertiary/aromatic N) is 2. The summed E-state index contributed by atoms with van der Waals surface area (Å²) in [7, 11) is 2.92. The standard InChI is InChI=1S/C19H17N3O4/c1-22(19(24)25-2)14-9-7-13(8-10-14)20-17(23)11-12-18-21-15-5-3-4-6-16(15)26-18/h3-12H,1-2H3,(H,20,23)/b12-11+. The van der Waals surface area contributed by atoms with E-state index in [1.807, 2.05) is 24.3 Å². The van der Waals surface area contributed by atoms with Crippen molar-refractivity contribution in [2.24, 2.45) is 0 Å². The molecule has 0 saturated heterocycles. The van der Waals surface area contributed by atoms with Gasteiger partial charge >= 0.3 is 6.09 Å². The summed E-state index contributed by atoms with van der Waals surface area (Å²) in [5.41, 5.74) is 2.65. The number of fused-ring (bicyclic) bond motifs is 1. The third-order valence-corrected chi connectivity index (χ3v) is 3.66. The topological polar surface area (TPSA) is 84.7 Å². The van der Waals surface area contributed by atoms with Gasteiger partial charge in [-0.1, -0.05) is 12.1 Å². The van der Waals surface area contributed by atoms with Crippen molar-refractivity contribution < 1.29 is 18.7 Å². The van der Waals surface area contributed by atoms with E-state index in [-0.39, 0.29) is 5.91 Å². The van der Waals surface area contributed by atoms with Gasteiger partial charge in [-0.05, 0) is 36.4 Å². The van der Waals surface area contributed by atoms with E-state index in [9.17, 15) is 9.59 Å². The number of hydrogen-bond donors (Lipinski definition) is 1. The Balaban J connectivity index is 1.63. The maximum absolute atomic E-state index is 12.0. The number of aromatic nitrogens is 1. The van der Waals surface area contributed by atoms with E-state index in [0.29, 0.717) is 22.8 Å². The lowest BCUT2D eigenvalue weighted by Gasteiger charge is -2.15. The lowest BCUT2D eigenvalue weighted by atomic mass is 10.2. The minimum Gasteiger partial charge on any atom is -0.452 e. The van der Waals surface area contributed by atoms with Crippen LogP contribution in [0.1, 0.15) is 5.89 Å². The Morgan fingerprint density at radius 1 is 1.15 bits per heavy atom. The highest BCUT2D eigenvalue weighted by Gasteiger charge is 2.10. The highest BCUT2D eigenvalue weighted by molar-refractivity contribution is 6.02. The molecule has 132 valence electrons. The molecule has 7 heteroatoms. The van der Waals surface area contributed by atoms with Crippen LogP contribution >= 0.6 is 0 Å². The molecule has 3 rings (SSSR count). The van der Waals surface area contributed by atoms with E-state index in [0.717, 1.165) is 5.52 Å². The van der Waals surface area contributed by atoms with E-state index < -0.39 is 6.09 Å². The average molecular weight is 351 g/mol. The minimum absolute atomic E-state index is 0.318. The number of hydrogen-bond acceptors (Lipinski definition) is 5. The van der Waals surface area contributed by atoms with Gasteiger partial charge in [0, 0.05) is 30.6 Å². The van der Waals surface area contributed by atoms with Gasteiger partial charge in [-0.15, -0.1) is 0 Å². The van der Waals surface area contributed by atoms with Crippen molar-refractivity contribution in [2.75, 3.05) is 24.4 Å². The molecule has 2 amide bonds. The van der Waals surface area contributed by atoms with E-state index in [2.05, 4.69) is 15.0 Å². The average Bonchev–Trinajstić information content (AvgIpc) is 3.09. The highest BCUT2D eigenvalue weighted by atomic mass is 16.5. The number of amides is 2. The molecule has 1 heterocycles. The van der Waals surface area contributed by atoms with Crippen LogP contribution in [0.5, 0.6) is 0 Å². The zero-order chi connectivity index (χ0) is 18.5. The van der Waals surface area contributed by atoms with Gasteiger partial charge in [0.15, 0.2) is 5.58 Å². The summed E-state index contributed by atoms with van der Waals surface area (Å²) in [6, 6.07) is 14.2. The van der Waals surface area contributed by atoms with Crippen LogP contribution in [0.3, 0.4) is 0 Å². The van der Waals surface area contributed by atoms with Crippen molar-refractivity contribution in [3.8, 4) is 0 Å². The monoisotopic (exact) mass is 351 g/mol. The molecule has 1 aromatic heterocycles. The number of oxazole rings is 1. The van der Waals surface area contributed by atoms with E-state index in [4.69, 9.17) is 4.42 Å². The van der Waals surface area contributed by atoms with Crippen molar-refractivity contribution in [1.82, 2.24) is 4.98 Å². The SMILES string of the molecule is COC(=O)N(C)c1ccc(NC(=O)/C=C/c2nc3ccccc3o2)cc1. The van der Waals surface area contributed by atoms with Crippen LogP contribution in [0.4, 0.5) is 16.2 Å². The molecule has 0 atom stereocenters. The van der Waals surface area contributed by atoms with Crippen molar-refractivity contribution in [3.05, 3.63) is 60.5 Å². The first-order valence-corrected chi connectivity index (χ1v) is 7.83. The molecule has 26 heavy (non-hydrogen) atoms. The molecule has 0 radical (unpaired) electrons. The van der Waals surface area contributed by atoms with Gasteiger partial charge in [-0.3, -0.25) is 9.69 Å². The Morgan fingerprint density at radius 3 is 2.58 bits per heavy atom. The number of carbonyl (C=O) groups excluding carboxylic acids is 2. The van der Waals surface area contributed by atoms with Crippen LogP contribution in [0.25, 0.3) is 17.2 Å². The van der Waals surface area contributed by atoms with Gasteiger partial charge in [0.1, 0.15) is 5.52 Å². The molecule has 1 N–H and O–H groups in total. The van der Waals surface area contributed by atoms with Crippen molar-refractivity contribution >= 4 is 40.6 Å². The van der Waals surface area contributed by atoms with Crippen molar-refractivity contribution in [3.63, 3.8) is 0 Å². The molecule has 0 aliphatic heterocycles. The van der Waals surface area contributed by atoms with E-state index >= 15 is 0 Å². The predicted octanol–water partition coefficient (Wildman–Crippen LogP) is 3.68. The van der Waals surface area contributed by atoms with E-state index in [1.54, 1.807) is 31.3 Å². The van der Waals surface area contributed by atoms with Gasteiger partial charge in [0.25, 0.3) is 0 Å². The van der Waals surface area contributed by atoms with Crippen molar-refractivity contribution in [2.45, 2.75) is 0 Å². The second kappa shape index (κ2) is 7.52. The zero-order valence-corrected chi connectivity index (χ0v) is 14.3. The molecular weight excluding hydrogens is 334 g/mol. The van der Waals surface area contributed by atoms with Gasteiger partial charge in [-0.2, -0.15) is 0 Å². The molecule has 0 fully saturated rings. The Kier molecular flexibility index (Phi) is 4.98. The van der Waals surface area contributed by atoms with Crippen LogP contribution < -0.4 is 10.2 Å². The lowest BCUT2D eigenvalue weighted by molar-refractivity contribution is -0.111. The fraction of sp³-hybridized carbons (Fsp3) is 0.105. The largest absolute Gasteiger partial charge is 0.452 e. The van der Waals surface area contributed by atoms with Gasteiger partial charge in [0.05, 0.1) is 7.11 Å². The van der Waals surface area contributed by atoms with Crippen LogP contribution in [0, 0.1) is 0 Å². The first kappa shape index (κ1) is 17.2. The normalized spacial score (nSPS) is 10.8. The Morgan fingerprint density at radius 2 is 1.88 bits per heavy atom. The molecule has 0 aliphatic carbocycles. The second-order valence-corrected chi connectivity index (χ2v) is 5.42. The molecule has 3 aromatic rings. The number of para-hydroxylation sites is 2. The van der Waals surface area contributed by atoms with Gasteiger partial charge < -0.3 is 14.5 Å². The molecule has 7 nitrogen and oxygen atoms in total. The first-order chi connectivity index (χ1) is 12.6. The van der Waals surface area contributed by atoms with Crippen LogP contribution in [-0.4, -0.2) is 31.1 Å². The quantitative estimate of drug-likeness (QED) is 0.725. The van der Waals surface area contributed by atoms with Crippen molar-refractivity contribution in [1.29, 1.82) is 0 Å². The van der Waals surface area contributed by atoms with Gasteiger partial charge in [-0.25, -0.2) is 9.78 Å². The molecule has 0 bridgehead atoms. The maximum atomic E-state index is 12.0. The minimum atomic E-state index is -0.469. The van der Waals surface area contributed by atoms with Crippen LogP contribution in [-0.2, 0) is 9.53 Å². The zero-order valence-electron chi connectivity index (χ0n) is 14.3. The number of nitrogens with one attached hydrogen (secondary N) is 1. The molecule has 2 aromatic carbocycles. The number of rotatable bonds is 4. The summed E-state index contributed by atoms with van der Waals surface area (Å²) in [6.07, 6.45) is 2.39. The summed E-state index contributed by atoms with van der Waals surface area (Å²) in [4.78, 5) is 29.1. The molecular formula is C19H17N3O4. The second-order valence-electron chi connectivity index (χ2n) is 5.42. The van der Waals surface area contributed by atoms with Gasteiger partial charge in [0.2, 0.25) is 11.8 Å². The summed E-state index contributed by atoms with van der Waals surface area (Å²) in [5.74, 6) is 0.0396. The summed E-state index contributed by atoms with van der Waals surface area (Å²) in [6.45, 7) is 0. The molecule has 0 spiro atoms. The Hall–Kier alpha value is -3.61. The Labute approximate surface area is 149 Å². The third kappa shape index (κ3) is 3.89. The highest BCUT2D eigenvalue weighted by Crippen LogP contribution is 2.18. The summed E-state index contributed by atoms with van der Waals surface area (Å²) in [5, 5.41) is 2.73. The maximum Gasteiger partial charge on any atom is 0.413 e. The van der Waals surface area contributed by atoms with Crippen LogP contribution in [0.2, 0.25) is 0 Å². The molecule has 0 unspecified atom stereocenters. The molecule has 0 aliphatic rings. The third-order valence-electron chi connectivity index (χ3n) is 3.66. The van der Waals surface area contributed by atoms with E-state index in [1.165, 1.54) is 24.2 Å². The number of methoxy groups -OCH3 is 1. The number of ether oxygens (including phenoxy) is 1. The van der Waals surface area contributed by atoms with Crippen LogP contribution in [0.15, 0.2) is 59.0 Å². The number of carbonyl (C=O) groups is 2. The summed E-state index contributed by atoms with van der Waals surface area (Å²) >= 11 is 0. The lowest BCUT2D eigenvalue weighted by Crippen LogP contribution is -2.25. The number of benzene rings is 2. The summed E-state index contributed by atoms with van der Waals surface area (Å²) < 4.78 is 10.2. The Bertz CT molecular complexity index is 927. The number of anilines is 2. The smallest absolute Gasteiger partial charge is 0.413 e. The predicted molar refractivity (Wildman–Crippen MR) is 98.9 cm³/mol. The molecule has 0 saturated carbocycles.